The Kier molecular flexibility index (Phi) is 6.19. The fraction of sp³-hybridized carbons (Fsp3) is 0.300. The average Bonchev–Trinajstić information content (AvgIpc) is 2.68. The Hall–Kier alpha value is -2.91. The second-order valence-corrected chi connectivity index (χ2v) is 8.32. The molecule has 0 saturated heterocycles. The Labute approximate surface area is 169 Å². The normalized spacial score (nSPS) is 16.1. The van der Waals surface area contributed by atoms with Crippen molar-refractivity contribution in [2.24, 2.45) is 5.14 Å². The van der Waals surface area contributed by atoms with Crippen LogP contribution in [0.4, 0.5) is 5.69 Å². The first kappa shape index (κ1) is 20.8. The van der Waals surface area contributed by atoms with Crippen LogP contribution in [0.25, 0.3) is 0 Å². The molecule has 2 amide bonds. The standard InChI is InChI=1S/C20H23N3O5S/c1-14-20(25)23(17-4-2-3-5-18(17)28-14)13-11-19(24)22-12-10-15-6-8-16(9-7-15)29(21,26)27/h2-9,14H,10-13H2,1H3,(H,22,24)(H2,21,26,27). The first-order chi connectivity index (χ1) is 13.8. The first-order valence-corrected chi connectivity index (χ1v) is 10.8. The zero-order chi connectivity index (χ0) is 21.0. The fourth-order valence-corrected chi connectivity index (χ4v) is 3.60. The number of amides is 2. The highest BCUT2D eigenvalue weighted by Crippen LogP contribution is 2.33. The molecule has 1 aliphatic rings. The molecule has 0 aliphatic carbocycles. The molecule has 0 fully saturated rings. The first-order valence-electron chi connectivity index (χ1n) is 9.21. The van der Waals surface area contributed by atoms with E-state index in [1.165, 1.54) is 12.1 Å². The van der Waals surface area contributed by atoms with E-state index in [1.807, 2.05) is 12.1 Å². The molecule has 29 heavy (non-hydrogen) atoms. The van der Waals surface area contributed by atoms with E-state index >= 15 is 0 Å². The number of nitrogens with one attached hydrogen (secondary N) is 1. The number of primary sulfonamides is 1. The lowest BCUT2D eigenvalue weighted by Crippen LogP contribution is -2.45. The molecule has 0 spiro atoms. The predicted molar refractivity (Wildman–Crippen MR) is 108 cm³/mol. The molecular formula is C20H23N3O5S. The molecule has 1 aliphatic heterocycles. The molecule has 1 unspecified atom stereocenters. The van der Waals surface area contributed by atoms with Crippen molar-refractivity contribution in [2.75, 3.05) is 18.0 Å². The van der Waals surface area contributed by atoms with Crippen LogP contribution >= 0.6 is 0 Å². The van der Waals surface area contributed by atoms with Crippen LogP contribution in [0.1, 0.15) is 18.9 Å². The molecule has 2 aromatic rings. The van der Waals surface area contributed by atoms with Crippen molar-refractivity contribution >= 4 is 27.5 Å². The van der Waals surface area contributed by atoms with Gasteiger partial charge in [0.05, 0.1) is 10.6 Å². The molecule has 3 rings (SSSR count). The van der Waals surface area contributed by atoms with Gasteiger partial charge in [0.2, 0.25) is 15.9 Å². The van der Waals surface area contributed by atoms with E-state index in [9.17, 15) is 18.0 Å². The third kappa shape index (κ3) is 5.12. The molecule has 3 N–H and O–H groups in total. The van der Waals surface area contributed by atoms with Crippen molar-refractivity contribution in [2.45, 2.75) is 30.8 Å². The summed E-state index contributed by atoms with van der Waals surface area (Å²) in [7, 11) is -3.71. The number of carbonyl (C=O) groups is 2. The summed E-state index contributed by atoms with van der Waals surface area (Å²) >= 11 is 0. The number of rotatable bonds is 7. The maximum Gasteiger partial charge on any atom is 0.267 e. The number of anilines is 1. The van der Waals surface area contributed by atoms with Crippen LogP contribution in [0.5, 0.6) is 5.75 Å². The van der Waals surface area contributed by atoms with Gasteiger partial charge in [0.15, 0.2) is 6.10 Å². The van der Waals surface area contributed by atoms with E-state index in [0.29, 0.717) is 24.4 Å². The molecular weight excluding hydrogens is 394 g/mol. The number of para-hydroxylation sites is 2. The number of nitrogens with zero attached hydrogens (tertiary/aromatic N) is 1. The maximum absolute atomic E-state index is 12.4. The van der Waals surface area contributed by atoms with Crippen molar-refractivity contribution < 1.29 is 22.7 Å². The van der Waals surface area contributed by atoms with Gasteiger partial charge >= 0.3 is 0 Å². The summed E-state index contributed by atoms with van der Waals surface area (Å²) in [5, 5.41) is 7.88. The van der Waals surface area contributed by atoms with Gasteiger partial charge in [0.1, 0.15) is 5.75 Å². The van der Waals surface area contributed by atoms with Crippen molar-refractivity contribution in [3.63, 3.8) is 0 Å². The zero-order valence-corrected chi connectivity index (χ0v) is 16.8. The summed E-state index contributed by atoms with van der Waals surface area (Å²) in [6.07, 6.45) is 0.123. The van der Waals surface area contributed by atoms with Crippen LogP contribution in [0.15, 0.2) is 53.4 Å². The predicted octanol–water partition coefficient (Wildman–Crippen LogP) is 1.20. The molecule has 1 heterocycles. The largest absolute Gasteiger partial charge is 0.479 e. The summed E-state index contributed by atoms with van der Waals surface area (Å²) in [6.45, 7) is 2.35. The third-order valence-corrected chi connectivity index (χ3v) is 5.55. The number of carbonyl (C=O) groups excluding carboxylic acids is 2. The van der Waals surface area contributed by atoms with Crippen LogP contribution < -0.4 is 20.1 Å². The lowest BCUT2D eigenvalue weighted by atomic mass is 10.1. The minimum absolute atomic E-state index is 0.0509. The van der Waals surface area contributed by atoms with Gasteiger partial charge in [-0.25, -0.2) is 13.6 Å². The Morgan fingerprint density at radius 1 is 1.17 bits per heavy atom. The Bertz CT molecular complexity index is 1010. The number of sulfonamides is 1. The minimum Gasteiger partial charge on any atom is -0.479 e. The molecule has 0 radical (unpaired) electrons. The smallest absolute Gasteiger partial charge is 0.267 e. The van der Waals surface area contributed by atoms with Gasteiger partial charge in [-0.15, -0.1) is 0 Å². The van der Waals surface area contributed by atoms with Crippen LogP contribution in [-0.4, -0.2) is 39.4 Å². The van der Waals surface area contributed by atoms with Gasteiger partial charge in [-0.05, 0) is 43.2 Å². The van der Waals surface area contributed by atoms with E-state index in [0.717, 1.165) is 5.56 Å². The average molecular weight is 417 g/mol. The Morgan fingerprint density at radius 3 is 2.55 bits per heavy atom. The number of hydrogen-bond donors (Lipinski definition) is 2. The van der Waals surface area contributed by atoms with Crippen LogP contribution in [-0.2, 0) is 26.0 Å². The molecule has 0 bridgehead atoms. The summed E-state index contributed by atoms with van der Waals surface area (Å²) < 4.78 is 28.1. The van der Waals surface area contributed by atoms with Crippen molar-refractivity contribution in [3.05, 3.63) is 54.1 Å². The molecule has 9 heteroatoms. The van der Waals surface area contributed by atoms with E-state index in [4.69, 9.17) is 9.88 Å². The highest BCUT2D eigenvalue weighted by Gasteiger charge is 2.31. The number of benzene rings is 2. The molecule has 2 aromatic carbocycles. The lowest BCUT2D eigenvalue weighted by Gasteiger charge is -2.32. The quantitative estimate of drug-likeness (QED) is 0.702. The van der Waals surface area contributed by atoms with Gasteiger partial charge in [0, 0.05) is 19.5 Å². The number of ether oxygens (including phenoxy) is 1. The second kappa shape index (κ2) is 8.62. The van der Waals surface area contributed by atoms with Gasteiger partial charge in [-0.2, -0.15) is 0 Å². The second-order valence-electron chi connectivity index (χ2n) is 6.76. The number of nitrogens with two attached hydrogens (primary N) is 1. The topological polar surface area (TPSA) is 119 Å². The fourth-order valence-electron chi connectivity index (χ4n) is 3.08. The van der Waals surface area contributed by atoms with Crippen molar-refractivity contribution in [1.82, 2.24) is 5.32 Å². The molecule has 8 nitrogen and oxygen atoms in total. The molecule has 0 saturated carbocycles. The third-order valence-electron chi connectivity index (χ3n) is 4.62. The lowest BCUT2D eigenvalue weighted by molar-refractivity contribution is -0.125. The maximum atomic E-state index is 12.4. The van der Waals surface area contributed by atoms with Gasteiger partial charge in [-0.1, -0.05) is 24.3 Å². The number of fused-ring (bicyclic) bond motifs is 1. The molecule has 154 valence electrons. The van der Waals surface area contributed by atoms with E-state index in [-0.39, 0.29) is 29.7 Å². The van der Waals surface area contributed by atoms with Gasteiger partial charge in [0.25, 0.3) is 5.91 Å². The highest BCUT2D eigenvalue weighted by atomic mass is 32.2. The molecule has 1 atom stereocenters. The van der Waals surface area contributed by atoms with Crippen LogP contribution in [0, 0.1) is 0 Å². The van der Waals surface area contributed by atoms with E-state index < -0.39 is 16.1 Å². The van der Waals surface area contributed by atoms with Gasteiger partial charge < -0.3 is 15.0 Å². The Balaban J connectivity index is 1.50. The summed E-state index contributed by atoms with van der Waals surface area (Å²) in [5.41, 5.74) is 1.54. The van der Waals surface area contributed by atoms with Crippen molar-refractivity contribution in [1.29, 1.82) is 0 Å². The van der Waals surface area contributed by atoms with E-state index in [2.05, 4.69) is 5.32 Å². The van der Waals surface area contributed by atoms with Gasteiger partial charge in [-0.3, -0.25) is 9.59 Å². The van der Waals surface area contributed by atoms with E-state index in [1.54, 1.807) is 36.1 Å². The zero-order valence-electron chi connectivity index (χ0n) is 16.0. The Morgan fingerprint density at radius 2 is 1.86 bits per heavy atom. The highest BCUT2D eigenvalue weighted by molar-refractivity contribution is 7.89. The monoisotopic (exact) mass is 417 g/mol. The van der Waals surface area contributed by atoms with Crippen LogP contribution in [0.2, 0.25) is 0 Å². The summed E-state index contributed by atoms with van der Waals surface area (Å²) in [4.78, 5) is 26.2. The van der Waals surface area contributed by atoms with Crippen molar-refractivity contribution in [3.8, 4) is 5.75 Å². The number of hydrogen-bond acceptors (Lipinski definition) is 5. The SMILES string of the molecule is CC1Oc2ccccc2N(CCC(=O)NCCc2ccc(S(N)(=O)=O)cc2)C1=O. The summed E-state index contributed by atoms with van der Waals surface area (Å²) in [5.74, 6) is 0.282. The molecule has 0 aromatic heterocycles. The minimum atomic E-state index is -3.71. The van der Waals surface area contributed by atoms with Crippen LogP contribution in [0.3, 0.4) is 0 Å². The summed E-state index contributed by atoms with van der Waals surface area (Å²) in [6, 6.07) is 13.5.